The summed E-state index contributed by atoms with van der Waals surface area (Å²) in [6, 6.07) is 8.35. The summed E-state index contributed by atoms with van der Waals surface area (Å²) in [6.07, 6.45) is 3.56. The molecule has 2 aliphatic rings. The Morgan fingerprint density at radius 2 is 1.92 bits per heavy atom. The zero-order chi connectivity index (χ0) is 17.9. The summed E-state index contributed by atoms with van der Waals surface area (Å²) in [5.41, 5.74) is 1.66. The lowest BCUT2D eigenvalue weighted by Crippen LogP contribution is -2.43. The Balaban J connectivity index is 1.51. The third-order valence-corrected chi connectivity index (χ3v) is 5.70. The van der Waals surface area contributed by atoms with Gasteiger partial charge in [0.05, 0.1) is 13.7 Å². The Hall–Kier alpha value is -1.59. The maximum absolute atomic E-state index is 12.3. The second kappa shape index (κ2) is 7.75. The standard InChI is InChI=1S/C20H31N3O2/c1-21(2)15-19(24)23-12-9-20(16-23)7-10-22(11-8-20)14-17-5-4-6-18(13-17)25-3/h4-6,13H,7-12,14-16H2,1-3H3. The molecule has 2 heterocycles. The van der Waals surface area contributed by atoms with Crippen molar-refractivity contribution < 1.29 is 9.53 Å². The van der Waals surface area contributed by atoms with Gasteiger partial charge in [0.25, 0.3) is 0 Å². The monoisotopic (exact) mass is 345 g/mol. The number of ether oxygens (including phenoxy) is 1. The predicted octanol–water partition coefficient (Wildman–Crippen LogP) is 2.07. The number of amides is 1. The first-order valence-electron chi connectivity index (χ1n) is 9.27. The van der Waals surface area contributed by atoms with Gasteiger partial charge < -0.3 is 14.5 Å². The molecule has 5 nitrogen and oxygen atoms in total. The minimum atomic E-state index is 0.278. The summed E-state index contributed by atoms with van der Waals surface area (Å²) in [7, 11) is 5.63. The molecule has 1 aromatic carbocycles. The van der Waals surface area contributed by atoms with Gasteiger partial charge in [-0.3, -0.25) is 9.69 Å². The third kappa shape index (κ3) is 4.53. The van der Waals surface area contributed by atoms with Gasteiger partial charge in [0.2, 0.25) is 5.91 Å². The fourth-order valence-electron chi connectivity index (χ4n) is 4.14. The van der Waals surface area contributed by atoms with Crippen LogP contribution < -0.4 is 4.74 Å². The Morgan fingerprint density at radius 3 is 2.60 bits per heavy atom. The van der Waals surface area contributed by atoms with Crippen molar-refractivity contribution in [3.05, 3.63) is 29.8 Å². The first kappa shape index (κ1) is 18.2. The zero-order valence-corrected chi connectivity index (χ0v) is 15.8. The van der Waals surface area contributed by atoms with Gasteiger partial charge in [0, 0.05) is 19.6 Å². The van der Waals surface area contributed by atoms with Crippen molar-refractivity contribution in [1.82, 2.24) is 14.7 Å². The van der Waals surface area contributed by atoms with Crippen LogP contribution in [-0.2, 0) is 11.3 Å². The molecule has 5 heteroatoms. The lowest BCUT2D eigenvalue weighted by Gasteiger charge is -2.39. The van der Waals surface area contributed by atoms with Crippen LogP contribution in [0.5, 0.6) is 5.75 Å². The van der Waals surface area contributed by atoms with Crippen molar-refractivity contribution in [2.45, 2.75) is 25.8 Å². The van der Waals surface area contributed by atoms with E-state index in [9.17, 15) is 4.79 Å². The number of methoxy groups -OCH3 is 1. The van der Waals surface area contributed by atoms with Gasteiger partial charge in [0.15, 0.2) is 0 Å². The number of carbonyl (C=O) groups is 1. The minimum Gasteiger partial charge on any atom is -0.497 e. The first-order valence-corrected chi connectivity index (χ1v) is 9.27. The van der Waals surface area contributed by atoms with Crippen molar-refractivity contribution in [3.8, 4) is 5.75 Å². The average Bonchev–Trinajstić information content (AvgIpc) is 3.01. The molecular weight excluding hydrogens is 314 g/mol. The molecule has 1 amide bonds. The van der Waals surface area contributed by atoms with Gasteiger partial charge >= 0.3 is 0 Å². The van der Waals surface area contributed by atoms with E-state index in [1.165, 1.54) is 24.8 Å². The molecule has 0 aliphatic carbocycles. The Morgan fingerprint density at radius 1 is 1.20 bits per heavy atom. The van der Waals surface area contributed by atoms with Crippen LogP contribution >= 0.6 is 0 Å². The predicted molar refractivity (Wildman–Crippen MR) is 99.7 cm³/mol. The quantitative estimate of drug-likeness (QED) is 0.819. The number of likely N-dealkylation sites (tertiary alicyclic amines) is 2. The SMILES string of the molecule is COc1cccc(CN2CCC3(CC2)CCN(C(=O)CN(C)C)C3)c1. The van der Waals surface area contributed by atoms with Gasteiger partial charge in [-0.05, 0) is 69.6 Å². The Bertz CT molecular complexity index is 594. The molecule has 0 saturated carbocycles. The summed E-state index contributed by atoms with van der Waals surface area (Å²) < 4.78 is 5.32. The molecule has 138 valence electrons. The molecular formula is C20H31N3O2. The summed E-state index contributed by atoms with van der Waals surface area (Å²) in [5, 5.41) is 0. The minimum absolute atomic E-state index is 0.278. The van der Waals surface area contributed by atoms with E-state index < -0.39 is 0 Å². The molecule has 0 atom stereocenters. The second-order valence-corrected chi connectivity index (χ2v) is 7.93. The molecule has 0 aromatic heterocycles. The van der Waals surface area contributed by atoms with Gasteiger partial charge in [0.1, 0.15) is 5.75 Å². The van der Waals surface area contributed by atoms with E-state index in [0.717, 1.165) is 38.5 Å². The van der Waals surface area contributed by atoms with Crippen molar-refractivity contribution in [2.24, 2.45) is 5.41 Å². The van der Waals surface area contributed by atoms with Gasteiger partial charge in [-0.1, -0.05) is 12.1 Å². The highest BCUT2D eigenvalue weighted by Gasteiger charge is 2.41. The van der Waals surface area contributed by atoms with Gasteiger partial charge in [-0.25, -0.2) is 0 Å². The average molecular weight is 345 g/mol. The molecule has 3 rings (SSSR count). The largest absolute Gasteiger partial charge is 0.497 e. The van der Waals surface area contributed by atoms with E-state index >= 15 is 0 Å². The van der Waals surface area contributed by atoms with Gasteiger partial charge in [-0.2, -0.15) is 0 Å². The number of piperidine rings is 1. The maximum Gasteiger partial charge on any atom is 0.236 e. The summed E-state index contributed by atoms with van der Waals surface area (Å²) >= 11 is 0. The number of hydrogen-bond acceptors (Lipinski definition) is 4. The molecule has 0 radical (unpaired) electrons. The number of benzene rings is 1. The fraction of sp³-hybridized carbons (Fsp3) is 0.650. The number of carbonyl (C=O) groups excluding carboxylic acids is 1. The van der Waals surface area contributed by atoms with Crippen LogP contribution in [0, 0.1) is 5.41 Å². The summed E-state index contributed by atoms with van der Waals surface area (Å²) in [5.74, 6) is 1.21. The highest BCUT2D eigenvalue weighted by molar-refractivity contribution is 5.78. The number of nitrogens with zero attached hydrogens (tertiary/aromatic N) is 3. The molecule has 1 spiro atoms. The lowest BCUT2D eigenvalue weighted by atomic mass is 9.77. The van der Waals surface area contributed by atoms with Crippen LogP contribution in [0.1, 0.15) is 24.8 Å². The molecule has 2 fully saturated rings. The summed E-state index contributed by atoms with van der Waals surface area (Å²) in [6.45, 7) is 5.63. The van der Waals surface area contributed by atoms with E-state index in [4.69, 9.17) is 4.74 Å². The molecule has 1 aromatic rings. The van der Waals surface area contributed by atoms with E-state index in [-0.39, 0.29) is 5.91 Å². The molecule has 2 saturated heterocycles. The van der Waals surface area contributed by atoms with Crippen LogP contribution in [0.2, 0.25) is 0 Å². The molecule has 25 heavy (non-hydrogen) atoms. The highest BCUT2D eigenvalue weighted by atomic mass is 16.5. The molecule has 0 bridgehead atoms. The van der Waals surface area contributed by atoms with Crippen molar-refractivity contribution in [2.75, 3.05) is 53.9 Å². The number of rotatable bonds is 5. The zero-order valence-electron chi connectivity index (χ0n) is 15.8. The topological polar surface area (TPSA) is 36.0 Å². The third-order valence-electron chi connectivity index (χ3n) is 5.70. The van der Waals surface area contributed by atoms with Crippen LogP contribution in [0.15, 0.2) is 24.3 Å². The van der Waals surface area contributed by atoms with E-state index in [1.54, 1.807) is 7.11 Å². The Kier molecular flexibility index (Phi) is 5.64. The summed E-state index contributed by atoms with van der Waals surface area (Å²) in [4.78, 5) is 18.9. The normalized spacial score (nSPS) is 20.4. The van der Waals surface area contributed by atoms with Crippen LogP contribution in [0.3, 0.4) is 0 Å². The number of hydrogen-bond donors (Lipinski definition) is 0. The lowest BCUT2D eigenvalue weighted by molar-refractivity contribution is -0.131. The van der Waals surface area contributed by atoms with Crippen LogP contribution in [0.25, 0.3) is 0 Å². The molecule has 0 N–H and O–H groups in total. The highest BCUT2D eigenvalue weighted by Crippen LogP contribution is 2.40. The van der Waals surface area contributed by atoms with Gasteiger partial charge in [-0.15, -0.1) is 0 Å². The van der Waals surface area contributed by atoms with Crippen molar-refractivity contribution in [1.29, 1.82) is 0 Å². The fourth-order valence-corrected chi connectivity index (χ4v) is 4.14. The van der Waals surface area contributed by atoms with Crippen molar-refractivity contribution in [3.63, 3.8) is 0 Å². The molecule has 2 aliphatic heterocycles. The first-order chi connectivity index (χ1) is 12.0. The maximum atomic E-state index is 12.3. The smallest absolute Gasteiger partial charge is 0.236 e. The number of likely N-dealkylation sites (N-methyl/N-ethyl adjacent to an activating group) is 1. The second-order valence-electron chi connectivity index (χ2n) is 7.93. The van der Waals surface area contributed by atoms with E-state index in [2.05, 4.69) is 28.0 Å². The Labute approximate surface area is 151 Å². The van der Waals surface area contributed by atoms with Crippen LogP contribution in [-0.4, -0.2) is 74.5 Å². The van der Waals surface area contributed by atoms with E-state index in [0.29, 0.717) is 12.0 Å². The van der Waals surface area contributed by atoms with Crippen molar-refractivity contribution >= 4 is 5.91 Å². The van der Waals surface area contributed by atoms with Crippen LogP contribution in [0.4, 0.5) is 0 Å². The molecule has 0 unspecified atom stereocenters. The van der Waals surface area contributed by atoms with E-state index in [1.807, 2.05) is 25.1 Å².